The summed E-state index contributed by atoms with van der Waals surface area (Å²) >= 11 is 58.1. The number of hydrazone groups is 2. The summed E-state index contributed by atoms with van der Waals surface area (Å²) in [5.41, 5.74) is 7.56. The van der Waals surface area contributed by atoms with Crippen LogP contribution in [-0.4, -0.2) is 68.5 Å². The number of hydrogen-bond acceptors (Lipinski definition) is 14. The van der Waals surface area contributed by atoms with Gasteiger partial charge in [0.15, 0.2) is 11.6 Å². The summed E-state index contributed by atoms with van der Waals surface area (Å²) in [4.78, 5) is 24.1. The summed E-state index contributed by atoms with van der Waals surface area (Å²) < 4.78 is 160. The largest absolute Gasteiger partial charge is 0.506 e. The Hall–Kier alpha value is -6.60. The number of aromatic nitrogens is 3. The van der Waals surface area contributed by atoms with E-state index in [2.05, 4.69) is 162 Å². The summed E-state index contributed by atoms with van der Waals surface area (Å²) in [6.45, 7) is 2.96. The van der Waals surface area contributed by atoms with Crippen molar-refractivity contribution >= 4 is 224 Å². The zero-order valence-corrected chi connectivity index (χ0v) is 70.9. The van der Waals surface area contributed by atoms with Gasteiger partial charge in [0, 0.05) is 93.5 Å². The fraction of sp³-hybridized carbons (Fsp3) is 0.127. The minimum absolute atomic E-state index is 0.0202. The Morgan fingerprint density at radius 3 is 1.17 bits per heavy atom. The standard InChI is InChI=1S/C16H12Br2F3NO.C15H10Br2F3NO.C14H12BrClN2O.C13H6BrCl3F3N3.C13H7BrCl2F3N3O/c1-23-15-11(6-13(17)7-14(15)18)9-22-8-10-2-4-12(5-3-10)16(19,20)21;16-12-5-10(14(22)13(17)6-12)8-21-7-9-1-3-11(4-2-9)15(18,19)20;1-9-2-3-12(18-6-9)8-17-7-10-4-11(16)5-13(15)14(10)19;14-9-3-8(15)1-6(11(9)17)4-22-23-12-10(16)2-7(5-21-12)13(18,19)20;14-9-3-8(15)1-6(11(9)23)4-21-22-12-10(16)2-7(5-20-12)13(17,18)19/h2-7,9H,8H2,1H3;1-6,8,22H,7H2;2-7,19H,8H2,1H3;1-5H,(H,21,23);1-5,23H,(H,20,22)/b;;;22-4+;21-4+. The maximum absolute atomic E-state index is 12.5. The minimum atomic E-state index is -4.53. The Balaban J connectivity index is 0.000000215. The minimum Gasteiger partial charge on any atom is -0.506 e. The molecule has 0 saturated heterocycles. The number of halogens is 25. The molecule has 0 saturated carbocycles. The number of rotatable bonds is 16. The molecule has 14 nitrogen and oxygen atoms in total. The molecule has 3 aromatic heterocycles. The van der Waals surface area contributed by atoms with Gasteiger partial charge in [0.25, 0.3) is 0 Å². The molecule has 10 rings (SSSR count). The van der Waals surface area contributed by atoms with Gasteiger partial charge >= 0.3 is 24.7 Å². The molecular weight excluding hydrogens is 2060 g/mol. The van der Waals surface area contributed by atoms with Crippen LogP contribution in [0.15, 0.2) is 209 Å². The Bertz CT molecular complexity index is 4870. The van der Waals surface area contributed by atoms with Gasteiger partial charge in [0.1, 0.15) is 23.0 Å². The van der Waals surface area contributed by atoms with Crippen LogP contribution < -0.4 is 15.6 Å². The molecule has 5 N–H and O–H groups in total. The zero-order chi connectivity index (χ0) is 81.6. The lowest BCUT2D eigenvalue weighted by Gasteiger charge is -2.08. The molecule has 0 aliphatic carbocycles. The second-order valence-electron chi connectivity index (χ2n) is 21.7. The lowest BCUT2D eigenvalue weighted by molar-refractivity contribution is -0.138. The first-order valence-electron chi connectivity index (χ1n) is 30.0. The van der Waals surface area contributed by atoms with E-state index in [0.717, 1.165) is 66.6 Å². The molecule has 39 heteroatoms. The third-order valence-electron chi connectivity index (χ3n) is 13.5. The van der Waals surface area contributed by atoms with Crippen molar-refractivity contribution in [3.63, 3.8) is 0 Å². The number of anilines is 2. The van der Waals surface area contributed by atoms with Crippen molar-refractivity contribution in [1.29, 1.82) is 0 Å². The van der Waals surface area contributed by atoms with Crippen LogP contribution >= 0.6 is 181 Å². The fourth-order valence-corrected chi connectivity index (χ4v) is 14.0. The average Bonchev–Trinajstić information content (AvgIpc) is 0.838. The predicted octanol–water partition coefficient (Wildman–Crippen LogP) is 27.1. The molecule has 3 heterocycles. The summed E-state index contributed by atoms with van der Waals surface area (Å²) in [6, 6.07) is 31.7. The van der Waals surface area contributed by atoms with Crippen molar-refractivity contribution in [1.82, 2.24) is 15.0 Å². The number of ether oxygens (including phenoxy) is 1. The molecule has 0 spiro atoms. The van der Waals surface area contributed by atoms with Gasteiger partial charge in [-0.3, -0.25) is 30.8 Å². The molecule has 10 aromatic rings. The summed E-state index contributed by atoms with van der Waals surface area (Å²) in [7, 11) is 1.56. The monoisotopic (exact) mass is 2090 g/mol. The molecule has 0 amide bonds. The Labute approximate surface area is 708 Å². The smallest absolute Gasteiger partial charge is 0.417 e. The van der Waals surface area contributed by atoms with Crippen molar-refractivity contribution in [3.05, 3.63) is 286 Å². The average molecular weight is 2100 g/mol. The first-order chi connectivity index (χ1) is 51.5. The van der Waals surface area contributed by atoms with Gasteiger partial charge in [-0.1, -0.05) is 132 Å². The summed E-state index contributed by atoms with van der Waals surface area (Å²) in [5.74, 6) is 0.657. The van der Waals surface area contributed by atoms with E-state index in [0.29, 0.717) is 96.1 Å². The number of methoxy groups -OCH3 is 1. The molecule has 580 valence electrons. The molecule has 0 atom stereocenters. The van der Waals surface area contributed by atoms with Crippen molar-refractivity contribution in [2.24, 2.45) is 25.2 Å². The fourth-order valence-electron chi connectivity index (χ4n) is 8.22. The predicted molar refractivity (Wildman–Crippen MR) is 434 cm³/mol. The summed E-state index contributed by atoms with van der Waals surface area (Å²) in [5, 5.41) is 38.4. The van der Waals surface area contributed by atoms with Gasteiger partial charge in [-0.15, -0.1) is 0 Å². The molecule has 110 heavy (non-hydrogen) atoms. The second-order valence-corrected chi connectivity index (χ2v) is 30.4. The number of pyridine rings is 3. The molecule has 0 unspecified atom stereocenters. The Morgan fingerprint density at radius 2 is 0.764 bits per heavy atom. The van der Waals surface area contributed by atoms with E-state index in [-0.39, 0.29) is 52.0 Å². The lowest BCUT2D eigenvalue weighted by atomic mass is 10.1. The normalized spacial score (nSPS) is 11.8. The van der Waals surface area contributed by atoms with Crippen LogP contribution in [0.1, 0.15) is 72.5 Å². The molecule has 0 aliphatic heterocycles. The van der Waals surface area contributed by atoms with E-state index in [4.69, 9.17) is 74.3 Å². The number of aliphatic imine (C=N–C) groups is 3. The highest BCUT2D eigenvalue weighted by molar-refractivity contribution is 9.11. The van der Waals surface area contributed by atoms with E-state index in [1.165, 1.54) is 55.0 Å². The van der Waals surface area contributed by atoms with Crippen LogP contribution in [0.5, 0.6) is 23.0 Å². The van der Waals surface area contributed by atoms with E-state index < -0.39 is 47.0 Å². The van der Waals surface area contributed by atoms with E-state index in [1.807, 2.05) is 31.2 Å². The molecular formula is C71H47Br7Cl6F12N10O4. The number of phenolic OH excluding ortho intramolecular Hbond substituents is 3. The Morgan fingerprint density at radius 1 is 0.400 bits per heavy atom. The van der Waals surface area contributed by atoms with Gasteiger partial charge in [-0.25, -0.2) is 9.97 Å². The van der Waals surface area contributed by atoms with Gasteiger partial charge in [0.2, 0.25) is 0 Å². The van der Waals surface area contributed by atoms with Crippen LogP contribution in [0.25, 0.3) is 0 Å². The van der Waals surface area contributed by atoms with Crippen molar-refractivity contribution in [3.8, 4) is 23.0 Å². The van der Waals surface area contributed by atoms with Gasteiger partial charge in [0.05, 0.1) is 100 Å². The molecule has 0 fully saturated rings. The van der Waals surface area contributed by atoms with Gasteiger partial charge in [-0.05, 0) is 206 Å². The third kappa shape index (κ3) is 29.7. The number of aryl methyl sites for hydroxylation is 1. The SMILES string of the molecule is COc1c(Br)cc(Br)cc1C=NCc1ccc(C(F)(F)F)cc1.Cc1ccc(CN=Cc2cc(Cl)cc(Br)c2O)nc1.FC(F)(F)c1cnc(N/N=C/c2cc(Cl)cc(Br)c2Cl)c(Cl)c1.Oc1c(Br)cc(Br)cc1C=NCc1ccc(C(F)(F)F)cc1.Oc1c(Br)cc(Cl)cc1/C=N/Nc1ncc(C(F)(F)F)cc1Cl. The number of nitrogens with one attached hydrogen (secondary N) is 2. The highest BCUT2D eigenvalue weighted by atomic mass is 79.9. The van der Waals surface area contributed by atoms with Crippen LogP contribution in [-0.2, 0) is 44.3 Å². The number of nitrogens with zero attached hydrogens (tertiary/aromatic N) is 8. The number of benzene rings is 7. The van der Waals surface area contributed by atoms with Crippen LogP contribution in [0.2, 0.25) is 30.1 Å². The maximum Gasteiger partial charge on any atom is 0.417 e. The van der Waals surface area contributed by atoms with E-state index in [9.17, 15) is 68.0 Å². The molecule has 0 radical (unpaired) electrons. The number of aromatic hydroxyl groups is 3. The highest BCUT2D eigenvalue weighted by Gasteiger charge is 2.34. The molecule has 0 aliphatic rings. The maximum atomic E-state index is 12.5. The van der Waals surface area contributed by atoms with Crippen molar-refractivity contribution in [2.45, 2.75) is 51.3 Å². The van der Waals surface area contributed by atoms with E-state index >= 15 is 0 Å². The van der Waals surface area contributed by atoms with Crippen molar-refractivity contribution in [2.75, 3.05) is 18.0 Å². The van der Waals surface area contributed by atoms with Crippen LogP contribution in [0, 0.1) is 6.92 Å². The van der Waals surface area contributed by atoms with Crippen LogP contribution in [0.3, 0.4) is 0 Å². The topological polar surface area (TPSA) is 194 Å². The molecule has 7 aromatic carbocycles. The number of alkyl halides is 12. The highest BCUT2D eigenvalue weighted by Crippen LogP contribution is 2.39. The van der Waals surface area contributed by atoms with E-state index in [1.54, 1.807) is 62.1 Å². The van der Waals surface area contributed by atoms with Gasteiger partial charge in [-0.2, -0.15) is 62.9 Å². The lowest BCUT2D eigenvalue weighted by Crippen LogP contribution is -2.06. The number of phenols is 3. The quantitative estimate of drug-likeness (QED) is 0.0271. The first-order valence-corrected chi connectivity index (χ1v) is 37.8. The third-order valence-corrected chi connectivity index (χ3v) is 19.4. The van der Waals surface area contributed by atoms with Crippen molar-refractivity contribution < 1.29 is 72.7 Å². The zero-order valence-electron chi connectivity index (χ0n) is 55.2. The van der Waals surface area contributed by atoms with Gasteiger partial charge < -0.3 is 20.1 Å². The second kappa shape index (κ2) is 42.5. The van der Waals surface area contributed by atoms with Crippen LogP contribution in [0.4, 0.5) is 64.3 Å². The molecule has 0 bridgehead atoms. The first kappa shape index (κ1) is 92.3. The Kier molecular flexibility index (Phi) is 35.6. The number of hydrogen-bond donors (Lipinski definition) is 5. The summed E-state index contributed by atoms with van der Waals surface area (Å²) in [6.07, 6.45) is -7.34.